The highest BCUT2D eigenvalue weighted by molar-refractivity contribution is 5.92. The van der Waals surface area contributed by atoms with Crippen LogP contribution in [-0.4, -0.2) is 5.78 Å². The number of hydrogen-bond acceptors (Lipinski definition) is 2. The summed E-state index contributed by atoms with van der Waals surface area (Å²) in [4.78, 5) is 11.0. The molecule has 0 spiro atoms. The van der Waals surface area contributed by atoms with E-state index in [1.54, 1.807) is 6.08 Å². The number of hydrogen-bond donors (Lipinski definition) is 1. The van der Waals surface area contributed by atoms with Gasteiger partial charge < -0.3 is 5.32 Å². The molecule has 1 aromatic rings. The molecule has 1 aromatic carbocycles. The molecule has 0 heterocycles. The van der Waals surface area contributed by atoms with Crippen molar-refractivity contribution < 1.29 is 4.79 Å². The van der Waals surface area contributed by atoms with Crippen molar-refractivity contribution in [2.24, 2.45) is 0 Å². The molecule has 16 heavy (non-hydrogen) atoms. The molecule has 0 saturated heterocycles. The highest BCUT2D eigenvalue weighted by Gasteiger charge is 2.10. The zero-order chi connectivity index (χ0) is 11.4. The quantitative estimate of drug-likeness (QED) is 0.836. The van der Waals surface area contributed by atoms with Gasteiger partial charge >= 0.3 is 0 Å². The van der Waals surface area contributed by atoms with Gasteiger partial charge in [0.05, 0.1) is 0 Å². The van der Waals surface area contributed by atoms with Gasteiger partial charge in [-0.25, -0.2) is 0 Å². The third kappa shape index (κ3) is 2.72. The molecule has 1 N–H and O–H groups in total. The van der Waals surface area contributed by atoms with Gasteiger partial charge in [0.15, 0.2) is 5.78 Å². The monoisotopic (exact) mass is 215 g/mol. The number of rotatable bonds is 4. The Morgan fingerprint density at radius 2 is 1.81 bits per heavy atom. The number of benzene rings is 1. The SMILES string of the molecule is CCc1ccc(CNC2=CC(=O)CC2)cc1. The number of ketones is 1. The Balaban J connectivity index is 1.89. The third-order valence-electron chi connectivity index (χ3n) is 2.93. The van der Waals surface area contributed by atoms with Crippen molar-refractivity contribution in [1.29, 1.82) is 0 Å². The van der Waals surface area contributed by atoms with Gasteiger partial charge in [-0.1, -0.05) is 31.2 Å². The number of carbonyl (C=O) groups excluding carboxylic acids is 1. The van der Waals surface area contributed by atoms with Gasteiger partial charge in [-0.15, -0.1) is 0 Å². The maximum atomic E-state index is 11.0. The molecule has 84 valence electrons. The van der Waals surface area contributed by atoms with Crippen molar-refractivity contribution >= 4 is 5.78 Å². The molecule has 0 radical (unpaired) electrons. The van der Waals surface area contributed by atoms with E-state index < -0.39 is 0 Å². The molecular formula is C14H17NO. The summed E-state index contributed by atoms with van der Waals surface area (Å²) >= 11 is 0. The largest absolute Gasteiger partial charge is 0.384 e. The predicted octanol–water partition coefficient (Wildman–Crippen LogP) is 2.59. The first-order chi connectivity index (χ1) is 7.78. The Kier molecular flexibility index (Phi) is 3.40. The predicted molar refractivity (Wildman–Crippen MR) is 65.0 cm³/mol. The summed E-state index contributed by atoms with van der Waals surface area (Å²) in [6.07, 6.45) is 4.33. The maximum absolute atomic E-state index is 11.0. The average Bonchev–Trinajstić information content (AvgIpc) is 2.73. The minimum Gasteiger partial charge on any atom is -0.384 e. The van der Waals surface area contributed by atoms with Gasteiger partial charge in [0.25, 0.3) is 0 Å². The van der Waals surface area contributed by atoms with Crippen molar-refractivity contribution in [1.82, 2.24) is 5.32 Å². The lowest BCUT2D eigenvalue weighted by atomic mass is 10.1. The summed E-state index contributed by atoms with van der Waals surface area (Å²) in [6, 6.07) is 8.60. The highest BCUT2D eigenvalue weighted by Crippen LogP contribution is 2.13. The number of allylic oxidation sites excluding steroid dienone is 2. The Labute approximate surface area is 96.4 Å². The molecule has 2 nitrogen and oxygen atoms in total. The zero-order valence-corrected chi connectivity index (χ0v) is 9.62. The van der Waals surface area contributed by atoms with E-state index in [4.69, 9.17) is 0 Å². The second-order valence-corrected chi connectivity index (χ2v) is 4.16. The van der Waals surface area contributed by atoms with Crippen LogP contribution in [0.3, 0.4) is 0 Å². The molecule has 2 heteroatoms. The summed E-state index contributed by atoms with van der Waals surface area (Å²) in [5.74, 6) is 0.240. The van der Waals surface area contributed by atoms with Crippen LogP contribution in [0.25, 0.3) is 0 Å². The lowest BCUT2D eigenvalue weighted by Crippen LogP contribution is -2.11. The van der Waals surface area contributed by atoms with Crippen molar-refractivity contribution in [2.45, 2.75) is 32.7 Å². The molecule has 0 bridgehead atoms. The first kappa shape index (κ1) is 10.9. The molecule has 0 aliphatic heterocycles. The van der Waals surface area contributed by atoms with Crippen LogP contribution in [0, 0.1) is 0 Å². The van der Waals surface area contributed by atoms with Crippen molar-refractivity contribution in [3.63, 3.8) is 0 Å². The first-order valence-electron chi connectivity index (χ1n) is 5.83. The van der Waals surface area contributed by atoms with Gasteiger partial charge in [0, 0.05) is 24.7 Å². The van der Waals surface area contributed by atoms with E-state index in [0.717, 1.165) is 25.1 Å². The van der Waals surface area contributed by atoms with E-state index in [1.165, 1.54) is 11.1 Å². The second kappa shape index (κ2) is 4.97. The van der Waals surface area contributed by atoms with E-state index in [9.17, 15) is 4.79 Å². The average molecular weight is 215 g/mol. The molecule has 0 amide bonds. The summed E-state index contributed by atoms with van der Waals surface area (Å²) in [5, 5.41) is 3.31. The number of aryl methyl sites for hydroxylation is 1. The minimum absolute atomic E-state index is 0.240. The van der Waals surface area contributed by atoms with Gasteiger partial charge in [-0.05, 0) is 24.0 Å². The third-order valence-corrected chi connectivity index (χ3v) is 2.93. The van der Waals surface area contributed by atoms with Crippen molar-refractivity contribution in [3.8, 4) is 0 Å². The summed E-state index contributed by atoms with van der Waals surface area (Å²) in [6.45, 7) is 2.96. The Morgan fingerprint density at radius 3 is 2.38 bits per heavy atom. The molecular weight excluding hydrogens is 198 g/mol. The Hall–Kier alpha value is -1.57. The Morgan fingerprint density at radius 1 is 1.12 bits per heavy atom. The van der Waals surface area contributed by atoms with Crippen LogP contribution in [0.15, 0.2) is 36.0 Å². The molecule has 0 saturated carbocycles. The fraction of sp³-hybridized carbons (Fsp3) is 0.357. The minimum atomic E-state index is 0.240. The van der Waals surface area contributed by atoms with Crippen LogP contribution in [0.1, 0.15) is 30.9 Å². The van der Waals surface area contributed by atoms with Crippen LogP contribution in [0.4, 0.5) is 0 Å². The fourth-order valence-corrected chi connectivity index (χ4v) is 1.84. The van der Waals surface area contributed by atoms with Crippen LogP contribution in [0.2, 0.25) is 0 Å². The van der Waals surface area contributed by atoms with Crippen LogP contribution in [-0.2, 0) is 17.8 Å². The van der Waals surface area contributed by atoms with E-state index in [-0.39, 0.29) is 5.78 Å². The second-order valence-electron chi connectivity index (χ2n) is 4.16. The molecule has 0 fully saturated rings. The van der Waals surface area contributed by atoms with E-state index in [0.29, 0.717) is 6.42 Å². The smallest absolute Gasteiger partial charge is 0.157 e. The topological polar surface area (TPSA) is 29.1 Å². The molecule has 0 atom stereocenters. The summed E-state index contributed by atoms with van der Waals surface area (Å²) in [5.41, 5.74) is 3.70. The van der Waals surface area contributed by atoms with Gasteiger partial charge in [-0.3, -0.25) is 4.79 Å². The zero-order valence-electron chi connectivity index (χ0n) is 9.62. The fourth-order valence-electron chi connectivity index (χ4n) is 1.84. The Bertz CT molecular complexity index is 403. The summed E-state index contributed by atoms with van der Waals surface area (Å²) in [7, 11) is 0. The van der Waals surface area contributed by atoms with E-state index >= 15 is 0 Å². The van der Waals surface area contributed by atoms with Gasteiger partial charge in [-0.2, -0.15) is 0 Å². The number of nitrogens with one attached hydrogen (secondary N) is 1. The number of carbonyl (C=O) groups is 1. The normalized spacial score (nSPS) is 15.1. The molecule has 0 aromatic heterocycles. The van der Waals surface area contributed by atoms with Gasteiger partial charge in [0.2, 0.25) is 0 Å². The molecule has 1 aliphatic carbocycles. The van der Waals surface area contributed by atoms with Crippen LogP contribution < -0.4 is 5.32 Å². The van der Waals surface area contributed by atoms with Crippen LogP contribution >= 0.6 is 0 Å². The van der Waals surface area contributed by atoms with E-state index in [2.05, 4.69) is 36.5 Å². The maximum Gasteiger partial charge on any atom is 0.157 e. The summed E-state index contributed by atoms with van der Waals surface area (Å²) < 4.78 is 0. The lowest BCUT2D eigenvalue weighted by Gasteiger charge is -2.07. The first-order valence-corrected chi connectivity index (χ1v) is 5.83. The van der Waals surface area contributed by atoms with E-state index in [1.807, 2.05) is 0 Å². The van der Waals surface area contributed by atoms with Crippen molar-refractivity contribution in [3.05, 3.63) is 47.2 Å². The van der Waals surface area contributed by atoms with Crippen molar-refractivity contribution in [2.75, 3.05) is 0 Å². The van der Waals surface area contributed by atoms with Gasteiger partial charge in [0.1, 0.15) is 0 Å². The standard InChI is InChI=1S/C14H17NO/c1-2-11-3-5-12(6-4-11)10-15-13-7-8-14(16)9-13/h3-6,9,15H,2,7-8,10H2,1H3. The lowest BCUT2D eigenvalue weighted by molar-refractivity contribution is -0.114. The molecule has 1 aliphatic rings. The highest BCUT2D eigenvalue weighted by atomic mass is 16.1. The molecule has 0 unspecified atom stereocenters. The van der Waals surface area contributed by atoms with Crippen LogP contribution in [0.5, 0.6) is 0 Å². The molecule has 2 rings (SSSR count).